The Balaban J connectivity index is 0. The molecule has 0 heterocycles. The molecule has 8 heteroatoms. The van der Waals surface area contributed by atoms with Crippen LogP contribution in [0.4, 0.5) is 0 Å². The summed E-state index contributed by atoms with van der Waals surface area (Å²) in [6, 6.07) is 0. The van der Waals surface area contributed by atoms with Crippen LogP contribution in [-0.4, -0.2) is 41.2 Å². The zero-order chi connectivity index (χ0) is 14.6. The van der Waals surface area contributed by atoms with Crippen LogP contribution in [0.15, 0.2) is 0 Å². The molecule has 0 N–H and O–H groups in total. The lowest BCUT2D eigenvalue weighted by Crippen LogP contribution is -2.05. The van der Waals surface area contributed by atoms with Gasteiger partial charge in [0.15, 0.2) is 2.74 Å². The summed E-state index contributed by atoms with van der Waals surface area (Å²) in [5, 5.41) is 0.963. The molecule has 0 rings (SSSR count). The Morgan fingerprint density at radius 2 is 1.06 bits per heavy atom. The number of thioether (sulfide) groups is 6. The first-order chi connectivity index (χ1) is 8.37. The van der Waals surface area contributed by atoms with Crippen molar-refractivity contribution in [3.8, 4) is 0 Å². The summed E-state index contributed by atoms with van der Waals surface area (Å²) in [5.74, 6) is 0. The Bertz CT molecular complexity index is 205. The van der Waals surface area contributed by atoms with E-state index in [-0.39, 0.29) is 0 Å². The standard InChI is InChI=1S/C5H12S4.C5H8S4/c1-6-5(7-2,8-3)9-4;1-4(6)8-3-9-5(2)7/h1-4H3;3H2,1-2H3. The molecule has 0 fully saturated rings. The van der Waals surface area contributed by atoms with Gasteiger partial charge in [-0.05, 0) is 38.9 Å². The van der Waals surface area contributed by atoms with Gasteiger partial charge in [-0.2, -0.15) is 0 Å². The third kappa shape index (κ3) is 13.3. The van der Waals surface area contributed by atoms with Gasteiger partial charge in [0.1, 0.15) is 0 Å². The lowest BCUT2D eigenvalue weighted by molar-refractivity contribution is 1.86. The minimum absolute atomic E-state index is 0.333. The second-order valence-electron chi connectivity index (χ2n) is 2.71. The van der Waals surface area contributed by atoms with Crippen molar-refractivity contribution in [2.45, 2.75) is 16.6 Å². The molecule has 0 amide bonds. The monoisotopic (exact) mass is 396 g/mol. The maximum Gasteiger partial charge on any atom is 0.152 e. The van der Waals surface area contributed by atoms with E-state index in [4.69, 9.17) is 24.4 Å². The summed E-state index contributed by atoms with van der Waals surface area (Å²) in [7, 11) is 0. The maximum absolute atomic E-state index is 4.85. The van der Waals surface area contributed by atoms with Gasteiger partial charge >= 0.3 is 0 Å². The molecule has 0 saturated carbocycles. The van der Waals surface area contributed by atoms with Crippen LogP contribution in [0.1, 0.15) is 13.8 Å². The van der Waals surface area contributed by atoms with Crippen molar-refractivity contribution in [3.05, 3.63) is 0 Å². The quantitative estimate of drug-likeness (QED) is 0.382. The molecular formula is C10H20S8. The number of hydrogen-bond acceptors (Lipinski definition) is 8. The smallest absolute Gasteiger partial charge is 0.126 e. The van der Waals surface area contributed by atoms with Crippen molar-refractivity contribution in [3.63, 3.8) is 0 Å². The van der Waals surface area contributed by atoms with Crippen LogP contribution in [0.5, 0.6) is 0 Å². The van der Waals surface area contributed by atoms with Gasteiger partial charge in [0.05, 0.1) is 0 Å². The number of rotatable bonds is 6. The summed E-state index contributed by atoms with van der Waals surface area (Å²) in [4.78, 5) is 0. The predicted octanol–water partition coefficient (Wildman–Crippen LogP) is 6.15. The lowest BCUT2D eigenvalue weighted by Gasteiger charge is -2.24. The predicted molar refractivity (Wildman–Crippen MR) is 113 cm³/mol. The lowest BCUT2D eigenvalue weighted by atomic mass is 11.0. The van der Waals surface area contributed by atoms with Crippen molar-refractivity contribution in [2.75, 3.05) is 30.1 Å². The second kappa shape index (κ2) is 14.2. The molecule has 0 aliphatic rings. The highest BCUT2D eigenvalue weighted by Crippen LogP contribution is 2.50. The van der Waals surface area contributed by atoms with E-state index in [1.54, 1.807) is 23.5 Å². The Morgan fingerprint density at radius 3 is 1.17 bits per heavy atom. The molecule has 0 aliphatic heterocycles. The summed E-state index contributed by atoms with van der Waals surface area (Å²) in [6.07, 6.45) is 8.62. The summed E-state index contributed by atoms with van der Waals surface area (Å²) < 4.78 is 2.30. The molecule has 0 bridgehead atoms. The second-order valence-corrected chi connectivity index (χ2v) is 12.8. The maximum atomic E-state index is 4.85. The largest absolute Gasteiger partial charge is 0.152 e. The fourth-order valence-corrected chi connectivity index (χ4v) is 7.12. The van der Waals surface area contributed by atoms with E-state index in [2.05, 4.69) is 25.0 Å². The Kier molecular flexibility index (Phi) is 17.8. The van der Waals surface area contributed by atoms with E-state index in [0.29, 0.717) is 2.74 Å². The van der Waals surface area contributed by atoms with Crippen LogP contribution >= 0.6 is 95.0 Å². The van der Waals surface area contributed by atoms with Crippen molar-refractivity contribution in [2.24, 2.45) is 0 Å². The summed E-state index contributed by atoms with van der Waals surface area (Å²) in [6.45, 7) is 3.86. The van der Waals surface area contributed by atoms with Gasteiger partial charge in [-0.25, -0.2) is 0 Å². The van der Waals surface area contributed by atoms with Crippen LogP contribution in [0.2, 0.25) is 0 Å². The van der Waals surface area contributed by atoms with Crippen LogP contribution in [-0.2, 0) is 0 Å². The zero-order valence-corrected chi connectivity index (χ0v) is 18.0. The molecule has 0 atom stereocenters. The van der Waals surface area contributed by atoms with Gasteiger partial charge in [-0.3, -0.25) is 0 Å². The van der Waals surface area contributed by atoms with Crippen LogP contribution in [0.25, 0.3) is 0 Å². The highest BCUT2D eigenvalue weighted by atomic mass is 32.3. The van der Waals surface area contributed by atoms with Crippen molar-refractivity contribution >= 4 is 103 Å². The SMILES string of the molecule is CC(=S)SCSC(C)=S.CSC(SC)(SC)SC. The molecule has 108 valence electrons. The Labute approximate surface area is 148 Å². The highest BCUT2D eigenvalue weighted by Gasteiger charge is 2.24. The van der Waals surface area contributed by atoms with Crippen LogP contribution in [0, 0.1) is 0 Å². The average molecular weight is 397 g/mol. The molecule has 0 aromatic rings. The van der Waals surface area contributed by atoms with E-state index in [9.17, 15) is 0 Å². The van der Waals surface area contributed by atoms with Crippen LogP contribution in [0.3, 0.4) is 0 Å². The summed E-state index contributed by atoms with van der Waals surface area (Å²) >= 11 is 20.7. The molecule has 0 radical (unpaired) electrons. The number of hydrogen-bond donors (Lipinski definition) is 0. The Morgan fingerprint density at radius 1 is 0.778 bits per heavy atom. The topological polar surface area (TPSA) is 0 Å². The molecule has 0 unspecified atom stereocenters. The highest BCUT2D eigenvalue weighted by molar-refractivity contribution is 8.47. The molecule has 18 heavy (non-hydrogen) atoms. The van der Waals surface area contributed by atoms with E-state index >= 15 is 0 Å². The fraction of sp³-hybridized carbons (Fsp3) is 0.800. The molecule has 0 saturated heterocycles. The van der Waals surface area contributed by atoms with Gasteiger partial charge in [0.25, 0.3) is 0 Å². The van der Waals surface area contributed by atoms with Gasteiger partial charge in [-0.15, -0.1) is 70.6 Å². The van der Waals surface area contributed by atoms with E-state index < -0.39 is 0 Å². The van der Waals surface area contributed by atoms with E-state index in [1.165, 1.54) is 0 Å². The first-order valence-electron chi connectivity index (χ1n) is 4.84. The van der Waals surface area contributed by atoms with E-state index in [1.807, 2.05) is 60.9 Å². The first-order valence-corrected chi connectivity index (χ1v) is 12.5. The molecular weight excluding hydrogens is 377 g/mol. The van der Waals surface area contributed by atoms with Gasteiger partial charge in [0, 0.05) is 13.5 Å². The normalized spacial score (nSPS) is 10.6. The van der Waals surface area contributed by atoms with Gasteiger partial charge in [-0.1, -0.05) is 24.4 Å². The molecule has 0 nitrogen and oxygen atoms in total. The molecule has 0 aromatic heterocycles. The fourth-order valence-electron chi connectivity index (χ4n) is 0.695. The average Bonchev–Trinajstić information content (AvgIpc) is 2.32. The minimum Gasteiger partial charge on any atom is -0.126 e. The van der Waals surface area contributed by atoms with Crippen molar-refractivity contribution in [1.29, 1.82) is 0 Å². The Hall–Kier alpha value is 2.28. The molecule has 0 aromatic carbocycles. The van der Waals surface area contributed by atoms with Gasteiger partial charge in [0.2, 0.25) is 0 Å². The van der Waals surface area contributed by atoms with Gasteiger partial charge < -0.3 is 0 Å². The third-order valence-corrected chi connectivity index (χ3v) is 12.0. The molecule has 0 aliphatic carbocycles. The zero-order valence-electron chi connectivity index (χ0n) is 11.5. The van der Waals surface area contributed by atoms with Crippen LogP contribution < -0.4 is 0 Å². The number of thiocarbonyl (C=S) groups is 2. The third-order valence-electron chi connectivity index (χ3n) is 1.52. The van der Waals surface area contributed by atoms with E-state index in [0.717, 1.165) is 13.5 Å². The van der Waals surface area contributed by atoms with Crippen molar-refractivity contribution < 1.29 is 0 Å². The minimum atomic E-state index is 0.333. The first kappa shape index (κ1) is 22.6. The molecule has 0 spiro atoms. The summed E-state index contributed by atoms with van der Waals surface area (Å²) in [5.41, 5.74) is 0. The van der Waals surface area contributed by atoms with Crippen molar-refractivity contribution in [1.82, 2.24) is 0 Å².